The molecule has 0 saturated carbocycles. The van der Waals surface area contributed by atoms with Gasteiger partial charge in [0, 0.05) is 0 Å². The monoisotopic (exact) mass is 585 g/mol. The summed E-state index contributed by atoms with van der Waals surface area (Å²) >= 11 is -2.98. The summed E-state index contributed by atoms with van der Waals surface area (Å²) in [6.07, 6.45) is 18.1. The number of rotatable bonds is 4. The first kappa shape index (κ1) is 21.9. The third-order valence-electron chi connectivity index (χ3n) is 6.83. The molecule has 0 fully saturated rings. The molecule has 3 unspecified atom stereocenters. The second kappa shape index (κ2) is 8.17. The van der Waals surface area contributed by atoms with Crippen LogP contribution in [0.25, 0.3) is 0 Å². The molecule has 0 amide bonds. The van der Waals surface area contributed by atoms with Crippen molar-refractivity contribution in [2.24, 2.45) is 17.3 Å². The van der Waals surface area contributed by atoms with Gasteiger partial charge in [0.2, 0.25) is 0 Å². The summed E-state index contributed by atoms with van der Waals surface area (Å²) in [6, 6.07) is 0. The number of allylic oxidation sites excluding steroid dienone is 10. The molecule has 0 aromatic carbocycles. The summed E-state index contributed by atoms with van der Waals surface area (Å²) in [6.45, 7) is 14.4. The van der Waals surface area contributed by atoms with Gasteiger partial charge in [-0.15, -0.1) is 0 Å². The van der Waals surface area contributed by atoms with Crippen LogP contribution in [-0.4, -0.2) is 13.6 Å². The van der Waals surface area contributed by atoms with Crippen molar-refractivity contribution in [1.29, 1.82) is 0 Å². The van der Waals surface area contributed by atoms with Gasteiger partial charge >= 0.3 is 183 Å². The maximum absolute atomic E-state index is 7.17. The van der Waals surface area contributed by atoms with Crippen molar-refractivity contribution >= 4 is 30.7 Å². The van der Waals surface area contributed by atoms with E-state index in [-0.39, 0.29) is 8.59 Å². The van der Waals surface area contributed by atoms with E-state index in [1.165, 1.54) is 11.1 Å². The summed E-state index contributed by atoms with van der Waals surface area (Å²) < 4.78 is -0.138. The van der Waals surface area contributed by atoms with E-state index in [0.717, 1.165) is 12.8 Å². The Bertz CT molecular complexity index is 808. The third-order valence-corrected chi connectivity index (χ3v) is 19.4. The first-order valence-corrected chi connectivity index (χ1v) is 23.3. The van der Waals surface area contributed by atoms with Gasteiger partial charge in [-0.25, -0.2) is 0 Å². The first-order chi connectivity index (χ1) is 12.7. The van der Waals surface area contributed by atoms with Crippen molar-refractivity contribution in [2.45, 2.75) is 56.8 Å². The Morgan fingerprint density at radius 1 is 1.22 bits per heavy atom. The van der Waals surface area contributed by atoms with E-state index in [1.54, 1.807) is 10.7 Å². The van der Waals surface area contributed by atoms with Gasteiger partial charge in [0.25, 0.3) is 0 Å². The van der Waals surface area contributed by atoms with Crippen molar-refractivity contribution in [2.75, 3.05) is 0 Å². The summed E-state index contributed by atoms with van der Waals surface area (Å²) in [5, 5.41) is 1.71. The van der Waals surface area contributed by atoms with Gasteiger partial charge in [-0.2, -0.15) is 0 Å². The fraction of sp³-hybridized carbons (Fsp3) is 0.522. The van der Waals surface area contributed by atoms with E-state index < -0.39 is 27.5 Å². The van der Waals surface area contributed by atoms with Crippen molar-refractivity contribution in [3.8, 4) is 0 Å². The van der Waals surface area contributed by atoms with Crippen LogP contribution in [0.15, 0.2) is 59.3 Å². The van der Waals surface area contributed by atoms with E-state index in [4.69, 9.17) is 17.2 Å². The van der Waals surface area contributed by atoms with Gasteiger partial charge in [-0.05, 0) is 0 Å². The molecule has 0 nitrogen and oxygen atoms in total. The molecule has 3 aliphatic rings. The van der Waals surface area contributed by atoms with E-state index in [9.17, 15) is 0 Å². The quantitative estimate of drug-likeness (QED) is 0.299. The minimum atomic E-state index is -2.98. The summed E-state index contributed by atoms with van der Waals surface area (Å²) in [7, 11) is 13.7. The second-order valence-corrected chi connectivity index (χ2v) is 23.6. The third kappa shape index (κ3) is 3.12. The summed E-state index contributed by atoms with van der Waals surface area (Å²) in [5.74, 6) is 1.02. The predicted octanol–water partition coefficient (Wildman–Crippen LogP) is 7.59. The Kier molecular flexibility index (Phi) is 6.63. The zero-order chi connectivity index (χ0) is 20.0. The average Bonchev–Trinajstić information content (AvgIpc) is 3.12. The Morgan fingerprint density at radius 3 is 2.41 bits per heavy atom. The average molecular weight is 585 g/mol. The van der Waals surface area contributed by atoms with E-state index in [1.807, 2.05) is 0 Å². The molecule has 0 aliphatic heterocycles. The van der Waals surface area contributed by atoms with Crippen LogP contribution in [0, 0.1) is 17.3 Å². The number of hydrogen-bond donors (Lipinski definition) is 0. The van der Waals surface area contributed by atoms with Gasteiger partial charge in [-0.3, -0.25) is 0 Å². The van der Waals surface area contributed by atoms with E-state index in [2.05, 4.69) is 83.3 Å². The van der Waals surface area contributed by atoms with Crippen molar-refractivity contribution in [1.82, 2.24) is 0 Å². The molecule has 0 N–H and O–H groups in total. The number of halogens is 2. The van der Waals surface area contributed by atoms with Crippen LogP contribution < -0.4 is 0 Å². The summed E-state index contributed by atoms with van der Waals surface area (Å²) in [4.78, 5) is 0. The molecule has 0 radical (unpaired) electrons. The van der Waals surface area contributed by atoms with Crippen LogP contribution in [0.1, 0.15) is 40.5 Å². The molecule has 0 aromatic heterocycles. The van der Waals surface area contributed by atoms with Gasteiger partial charge in [0.1, 0.15) is 0 Å². The Balaban J connectivity index is 2.46. The van der Waals surface area contributed by atoms with Crippen LogP contribution in [0.5, 0.6) is 0 Å². The maximum atomic E-state index is 7.17. The molecule has 27 heavy (non-hydrogen) atoms. The first-order valence-electron chi connectivity index (χ1n) is 10.1. The van der Waals surface area contributed by atoms with Crippen LogP contribution >= 0.6 is 17.2 Å². The second-order valence-electron chi connectivity index (χ2n) is 8.74. The van der Waals surface area contributed by atoms with Gasteiger partial charge < -0.3 is 0 Å². The molecular formula is C23H31Cl2HfSi. The normalized spacial score (nSPS) is 32.3. The van der Waals surface area contributed by atoms with Crippen LogP contribution in [0.2, 0.25) is 16.3 Å². The molecule has 0 bridgehead atoms. The zero-order valence-corrected chi connectivity index (χ0v) is 23.5. The molecule has 0 spiro atoms. The fourth-order valence-electron chi connectivity index (χ4n) is 5.61. The molecule has 0 saturated heterocycles. The minimum absolute atomic E-state index is 0.0432. The molecular weight excluding hydrogens is 554 g/mol. The van der Waals surface area contributed by atoms with E-state index in [0.29, 0.717) is 11.8 Å². The SMILES string of the molecule is CCC1(C)C(=[Si](C)C)C2=C(C=CC=CC2C(C)C)[C]1(C1=CC=CC1)[Hf]([Cl])[Cl]. The molecule has 3 aliphatic carbocycles. The molecule has 145 valence electrons. The Morgan fingerprint density at radius 2 is 1.93 bits per heavy atom. The fourth-order valence-corrected chi connectivity index (χ4v) is 21.1. The number of hydrogen-bond acceptors (Lipinski definition) is 0. The molecule has 0 aromatic rings. The van der Waals surface area contributed by atoms with Crippen molar-refractivity contribution in [3.05, 3.63) is 59.3 Å². The van der Waals surface area contributed by atoms with Crippen LogP contribution in [0.3, 0.4) is 0 Å². The Hall–Kier alpha value is 0.237. The van der Waals surface area contributed by atoms with Crippen molar-refractivity contribution < 1.29 is 19.1 Å². The predicted molar refractivity (Wildman–Crippen MR) is 121 cm³/mol. The van der Waals surface area contributed by atoms with Crippen molar-refractivity contribution in [3.63, 3.8) is 0 Å². The molecule has 3 rings (SSSR count). The molecule has 0 heterocycles. The Labute approximate surface area is 182 Å². The van der Waals surface area contributed by atoms with E-state index >= 15 is 0 Å². The molecule has 4 heteroatoms. The summed E-state index contributed by atoms with van der Waals surface area (Å²) in [5.41, 5.74) is 4.58. The van der Waals surface area contributed by atoms with Gasteiger partial charge in [0.15, 0.2) is 0 Å². The zero-order valence-electron chi connectivity index (χ0n) is 17.4. The molecule has 3 atom stereocenters. The van der Waals surface area contributed by atoms with Gasteiger partial charge in [-0.1, -0.05) is 0 Å². The van der Waals surface area contributed by atoms with Crippen LogP contribution in [-0.2, 0) is 19.1 Å². The van der Waals surface area contributed by atoms with Gasteiger partial charge in [0.05, 0.1) is 0 Å². The standard InChI is InChI=1S/C23H31Si.2ClH.Hf/c1-7-23(4)21(17-12-8-9-13-17)19-15-11-10-14-18(16(2)3)20(19)22(23)24(5)6;;;/h8-12,14-16,18H,7,13H2,1-6H3;2*1H;/q;;;+2/p-2. The van der Waals surface area contributed by atoms with Crippen LogP contribution in [0.4, 0.5) is 0 Å². The topological polar surface area (TPSA) is 0 Å².